The fourth-order valence-electron chi connectivity index (χ4n) is 3.04. The normalized spacial score (nSPS) is 18.3. The quantitative estimate of drug-likeness (QED) is 0.859. The first-order valence-corrected chi connectivity index (χ1v) is 8.87. The van der Waals surface area contributed by atoms with Gasteiger partial charge in [0.2, 0.25) is 0 Å². The summed E-state index contributed by atoms with van der Waals surface area (Å²) >= 11 is 1.46. The molecule has 2 aromatic rings. The van der Waals surface area contributed by atoms with Crippen LogP contribution in [0.5, 0.6) is 0 Å². The minimum absolute atomic E-state index is 0.313. The van der Waals surface area contributed by atoms with E-state index < -0.39 is 5.91 Å². The van der Waals surface area contributed by atoms with Crippen LogP contribution in [0.4, 0.5) is 5.13 Å². The lowest BCUT2D eigenvalue weighted by molar-refractivity contribution is 0.0996. The van der Waals surface area contributed by atoms with E-state index in [-0.39, 0.29) is 0 Å². The predicted octanol–water partition coefficient (Wildman–Crippen LogP) is 0.816. The van der Waals surface area contributed by atoms with Gasteiger partial charge in [-0.2, -0.15) is 0 Å². The van der Waals surface area contributed by atoms with Gasteiger partial charge < -0.3 is 20.1 Å². The number of rotatable bonds is 5. The number of carbonyl (C=O) groups excluding carboxylic acids is 1. The third kappa shape index (κ3) is 3.41. The number of nitrogens with two attached hydrogens (primary N) is 1. The molecule has 1 fully saturated rings. The number of thiazole rings is 1. The minimum Gasteiger partial charge on any atom is -0.364 e. The summed E-state index contributed by atoms with van der Waals surface area (Å²) in [6, 6.07) is 0. The van der Waals surface area contributed by atoms with Crippen LogP contribution in [0, 0.1) is 0 Å². The number of piperidine rings is 1. The van der Waals surface area contributed by atoms with Gasteiger partial charge in [-0.15, -0.1) is 21.5 Å². The van der Waals surface area contributed by atoms with Gasteiger partial charge in [-0.1, -0.05) is 0 Å². The molecule has 1 saturated heterocycles. The maximum absolute atomic E-state index is 11.2. The zero-order valence-electron chi connectivity index (χ0n) is 14.3. The number of primary amides is 1. The van der Waals surface area contributed by atoms with Crippen molar-refractivity contribution in [3.05, 3.63) is 22.7 Å². The van der Waals surface area contributed by atoms with Crippen molar-refractivity contribution in [2.75, 3.05) is 32.1 Å². The Kier molecular flexibility index (Phi) is 4.81. The van der Waals surface area contributed by atoms with Crippen LogP contribution >= 0.6 is 11.3 Å². The van der Waals surface area contributed by atoms with Crippen molar-refractivity contribution in [3.63, 3.8) is 0 Å². The Morgan fingerprint density at radius 3 is 2.92 bits per heavy atom. The van der Waals surface area contributed by atoms with Crippen molar-refractivity contribution in [2.24, 2.45) is 12.8 Å². The van der Waals surface area contributed by atoms with E-state index in [2.05, 4.69) is 29.5 Å². The van der Waals surface area contributed by atoms with E-state index in [1.165, 1.54) is 11.3 Å². The van der Waals surface area contributed by atoms with E-state index in [4.69, 9.17) is 5.73 Å². The molecule has 2 N–H and O–H groups in total. The number of aromatic nitrogens is 4. The molecular weight excluding hydrogens is 326 g/mol. The van der Waals surface area contributed by atoms with Gasteiger partial charge in [-0.25, -0.2) is 4.98 Å². The molecule has 0 radical (unpaired) electrons. The van der Waals surface area contributed by atoms with Crippen LogP contribution in [0.15, 0.2) is 5.38 Å². The number of nitrogens with zero attached hydrogens (tertiary/aromatic N) is 6. The van der Waals surface area contributed by atoms with Gasteiger partial charge in [0, 0.05) is 31.4 Å². The maximum atomic E-state index is 11.2. The average Bonchev–Trinajstić information content (AvgIpc) is 3.15. The number of carbonyl (C=O) groups is 1. The largest absolute Gasteiger partial charge is 0.364 e. The van der Waals surface area contributed by atoms with Crippen LogP contribution in [-0.4, -0.2) is 57.7 Å². The van der Waals surface area contributed by atoms with Crippen molar-refractivity contribution in [3.8, 4) is 0 Å². The molecule has 0 bridgehead atoms. The van der Waals surface area contributed by atoms with Crippen LogP contribution in [0.2, 0.25) is 0 Å². The SMILES string of the molecule is CN(C)Cc1nnc([C@H]2CCCN(c3nc(C(N)=O)cs3)C2)n1C. The molecule has 0 aromatic carbocycles. The first-order valence-electron chi connectivity index (χ1n) is 7.99. The molecule has 24 heavy (non-hydrogen) atoms. The number of hydrogen-bond donors (Lipinski definition) is 1. The second-order valence-corrected chi connectivity index (χ2v) is 7.27. The van der Waals surface area contributed by atoms with Crippen molar-refractivity contribution in [1.82, 2.24) is 24.6 Å². The molecule has 3 rings (SSSR count). The fourth-order valence-corrected chi connectivity index (χ4v) is 3.89. The Morgan fingerprint density at radius 1 is 1.46 bits per heavy atom. The highest BCUT2D eigenvalue weighted by Gasteiger charge is 2.27. The number of amides is 1. The lowest BCUT2D eigenvalue weighted by Gasteiger charge is -2.32. The van der Waals surface area contributed by atoms with Gasteiger partial charge in [0.1, 0.15) is 17.3 Å². The molecule has 0 spiro atoms. The lowest BCUT2D eigenvalue weighted by atomic mass is 9.97. The molecular formula is C15H23N7OS. The zero-order valence-corrected chi connectivity index (χ0v) is 15.1. The van der Waals surface area contributed by atoms with Crippen molar-refractivity contribution in [2.45, 2.75) is 25.3 Å². The van der Waals surface area contributed by atoms with Crippen LogP contribution in [0.3, 0.4) is 0 Å². The summed E-state index contributed by atoms with van der Waals surface area (Å²) in [6.45, 7) is 2.54. The summed E-state index contributed by atoms with van der Waals surface area (Å²) < 4.78 is 2.10. The topological polar surface area (TPSA) is 93.2 Å². The van der Waals surface area contributed by atoms with Gasteiger partial charge >= 0.3 is 0 Å². The third-order valence-corrected chi connectivity index (χ3v) is 5.16. The molecule has 1 atom stereocenters. The molecule has 0 aliphatic carbocycles. The summed E-state index contributed by atoms with van der Waals surface area (Å²) in [6.07, 6.45) is 2.14. The zero-order chi connectivity index (χ0) is 17.3. The Labute approximate surface area is 145 Å². The van der Waals surface area contributed by atoms with E-state index in [9.17, 15) is 4.79 Å². The monoisotopic (exact) mass is 349 g/mol. The summed E-state index contributed by atoms with van der Waals surface area (Å²) in [5, 5.41) is 11.3. The molecule has 3 heterocycles. The van der Waals surface area contributed by atoms with Gasteiger partial charge in [-0.3, -0.25) is 4.79 Å². The summed E-state index contributed by atoms with van der Waals surface area (Å²) in [5.41, 5.74) is 5.64. The second kappa shape index (κ2) is 6.86. The Morgan fingerprint density at radius 2 is 2.25 bits per heavy atom. The van der Waals surface area contributed by atoms with Crippen LogP contribution < -0.4 is 10.6 Å². The van der Waals surface area contributed by atoms with Gasteiger partial charge in [0.25, 0.3) is 5.91 Å². The average molecular weight is 349 g/mol. The molecule has 1 aliphatic rings. The highest BCUT2D eigenvalue weighted by molar-refractivity contribution is 7.13. The molecule has 2 aromatic heterocycles. The predicted molar refractivity (Wildman–Crippen MR) is 93.2 cm³/mol. The number of hydrogen-bond acceptors (Lipinski definition) is 7. The number of anilines is 1. The molecule has 1 aliphatic heterocycles. The van der Waals surface area contributed by atoms with E-state index in [1.807, 2.05) is 21.1 Å². The van der Waals surface area contributed by atoms with Crippen molar-refractivity contribution in [1.29, 1.82) is 0 Å². The fraction of sp³-hybridized carbons (Fsp3) is 0.600. The Bertz CT molecular complexity index is 723. The van der Waals surface area contributed by atoms with Gasteiger partial charge in [0.05, 0.1) is 6.54 Å². The first-order chi connectivity index (χ1) is 11.5. The molecule has 0 saturated carbocycles. The van der Waals surface area contributed by atoms with Crippen LogP contribution in [-0.2, 0) is 13.6 Å². The standard InChI is InChI=1S/C15H23N7OS/c1-20(2)8-12-18-19-14(21(12)3)10-5-4-6-22(7-10)15-17-11(9-24-15)13(16)23/h9-10H,4-8H2,1-3H3,(H2,16,23)/t10-/m0/s1. The van der Waals surface area contributed by atoms with E-state index in [0.29, 0.717) is 11.6 Å². The summed E-state index contributed by atoms with van der Waals surface area (Å²) in [5.74, 6) is 1.82. The molecule has 1 amide bonds. The molecule has 130 valence electrons. The third-order valence-electron chi connectivity index (χ3n) is 4.26. The smallest absolute Gasteiger partial charge is 0.268 e. The maximum Gasteiger partial charge on any atom is 0.268 e. The Balaban J connectivity index is 1.75. The van der Waals surface area contributed by atoms with E-state index >= 15 is 0 Å². The molecule has 8 nitrogen and oxygen atoms in total. The second-order valence-electron chi connectivity index (χ2n) is 6.44. The Hall–Kier alpha value is -2.00. The molecule has 9 heteroatoms. The highest BCUT2D eigenvalue weighted by atomic mass is 32.1. The minimum atomic E-state index is -0.479. The van der Waals surface area contributed by atoms with Crippen LogP contribution in [0.1, 0.15) is 40.9 Å². The highest BCUT2D eigenvalue weighted by Crippen LogP contribution is 2.30. The summed E-state index contributed by atoms with van der Waals surface area (Å²) in [4.78, 5) is 19.9. The molecule has 0 unspecified atom stereocenters. The summed E-state index contributed by atoms with van der Waals surface area (Å²) in [7, 11) is 6.08. The lowest BCUT2D eigenvalue weighted by Crippen LogP contribution is -2.35. The van der Waals surface area contributed by atoms with Gasteiger partial charge in [-0.05, 0) is 26.9 Å². The van der Waals surface area contributed by atoms with E-state index in [0.717, 1.165) is 49.3 Å². The van der Waals surface area contributed by atoms with Crippen molar-refractivity contribution < 1.29 is 4.79 Å². The van der Waals surface area contributed by atoms with Crippen LogP contribution in [0.25, 0.3) is 0 Å². The van der Waals surface area contributed by atoms with Gasteiger partial charge in [0.15, 0.2) is 5.13 Å². The van der Waals surface area contributed by atoms with E-state index in [1.54, 1.807) is 5.38 Å². The van der Waals surface area contributed by atoms with Crippen molar-refractivity contribution >= 4 is 22.4 Å². The first kappa shape index (κ1) is 16.8.